The van der Waals surface area contributed by atoms with E-state index in [0.717, 1.165) is 42.8 Å². The summed E-state index contributed by atoms with van der Waals surface area (Å²) in [5, 5.41) is 7.57. The van der Waals surface area contributed by atoms with E-state index in [4.69, 9.17) is 4.74 Å². The van der Waals surface area contributed by atoms with E-state index in [1.165, 1.54) is 11.1 Å². The maximum absolute atomic E-state index is 12.5. The lowest BCUT2D eigenvalue weighted by atomic mass is 9.89. The van der Waals surface area contributed by atoms with Gasteiger partial charge in [-0.2, -0.15) is 0 Å². The monoisotopic (exact) mass is 405 g/mol. The Balaban J connectivity index is 1.38. The molecular formula is C25H31N3O2. The van der Waals surface area contributed by atoms with Crippen molar-refractivity contribution in [3.8, 4) is 5.75 Å². The predicted molar refractivity (Wildman–Crippen MR) is 119 cm³/mol. The van der Waals surface area contributed by atoms with Crippen molar-refractivity contribution in [2.75, 3.05) is 19.1 Å². The van der Waals surface area contributed by atoms with Gasteiger partial charge in [0.1, 0.15) is 5.75 Å². The molecule has 2 N–H and O–H groups in total. The third kappa shape index (κ3) is 3.40. The largest absolute Gasteiger partial charge is 0.496 e. The van der Waals surface area contributed by atoms with Gasteiger partial charge in [-0.1, -0.05) is 30.3 Å². The van der Waals surface area contributed by atoms with Crippen LogP contribution in [0.15, 0.2) is 42.5 Å². The highest BCUT2D eigenvalue weighted by atomic mass is 16.5. The van der Waals surface area contributed by atoms with Crippen LogP contribution in [0.4, 0.5) is 5.69 Å². The van der Waals surface area contributed by atoms with Crippen LogP contribution in [0.2, 0.25) is 0 Å². The molecule has 30 heavy (non-hydrogen) atoms. The number of carbonyl (C=O) groups excluding carboxylic acids is 1. The van der Waals surface area contributed by atoms with Crippen molar-refractivity contribution < 1.29 is 9.53 Å². The molecule has 2 aromatic rings. The van der Waals surface area contributed by atoms with Gasteiger partial charge < -0.3 is 20.3 Å². The van der Waals surface area contributed by atoms with Crippen molar-refractivity contribution >= 4 is 11.6 Å². The van der Waals surface area contributed by atoms with Gasteiger partial charge >= 0.3 is 0 Å². The molecule has 1 amide bonds. The Morgan fingerprint density at radius 1 is 1.17 bits per heavy atom. The fourth-order valence-electron chi connectivity index (χ4n) is 5.27. The minimum atomic E-state index is 0.179. The Bertz CT molecular complexity index is 945. The molecule has 0 radical (unpaired) electrons. The molecule has 4 unspecified atom stereocenters. The maximum Gasteiger partial charge on any atom is 0.230 e. The van der Waals surface area contributed by atoms with Gasteiger partial charge in [-0.15, -0.1) is 0 Å². The molecule has 0 spiro atoms. The van der Waals surface area contributed by atoms with Gasteiger partial charge in [0.2, 0.25) is 5.91 Å². The molecule has 5 atom stereocenters. The quantitative estimate of drug-likeness (QED) is 0.796. The van der Waals surface area contributed by atoms with Crippen LogP contribution < -0.4 is 20.3 Å². The van der Waals surface area contributed by atoms with E-state index in [1.54, 1.807) is 7.11 Å². The van der Waals surface area contributed by atoms with Gasteiger partial charge in [-0.05, 0) is 55.4 Å². The van der Waals surface area contributed by atoms with E-state index in [-0.39, 0.29) is 17.9 Å². The predicted octanol–water partition coefficient (Wildman–Crippen LogP) is 3.75. The average Bonchev–Trinajstić information content (AvgIpc) is 3.58. The summed E-state index contributed by atoms with van der Waals surface area (Å²) in [6.45, 7) is 2.98. The molecule has 2 fully saturated rings. The first-order valence-electron chi connectivity index (χ1n) is 11.1. The number of hydrogen-bond donors (Lipinski definition) is 2. The van der Waals surface area contributed by atoms with Crippen LogP contribution in [0, 0.1) is 5.92 Å². The molecule has 3 aliphatic rings. The summed E-state index contributed by atoms with van der Waals surface area (Å²) in [6.07, 6.45) is 3.26. The third-order valence-corrected chi connectivity index (χ3v) is 7.12. The Kier molecular flexibility index (Phi) is 5.03. The fraction of sp³-hybridized carbons (Fsp3) is 0.480. The van der Waals surface area contributed by atoms with Crippen molar-refractivity contribution in [2.45, 2.75) is 56.8 Å². The summed E-state index contributed by atoms with van der Waals surface area (Å²) in [4.78, 5) is 14.3. The highest BCUT2D eigenvalue weighted by Crippen LogP contribution is 2.56. The number of nitrogens with one attached hydrogen (secondary N) is 2. The molecule has 158 valence electrons. The maximum atomic E-state index is 12.5. The SMILES string of the molecule is COc1cc2c(cc1CNC1CCC(C)NC1c1ccccc1)N(C)C(=O)[C@@H]1CC21. The summed E-state index contributed by atoms with van der Waals surface area (Å²) in [6, 6.07) is 16.2. The van der Waals surface area contributed by atoms with Crippen molar-refractivity contribution in [2.24, 2.45) is 5.92 Å². The fourth-order valence-corrected chi connectivity index (χ4v) is 5.27. The summed E-state index contributed by atoms with van der Waals surface area (Å²) < 4.78 is 5.75. The lowest BCUT2D eigenvalue weighted by Crippen LogP contribution is -2.49. The highest BCUT2D eigenvalue weighted by molar-refractivity contribution is 6.01. The molecule has 2 heterocycles. The van der Waals surface area contributed by atoms with Crippen LogP contribution in [-0.4, -0.2) is 32.1 Å². The second-order valence-electron chi connectivity index (χ2n) is 9.09. The number of carbonyl (C=O) groups is 1. The molecule has 5 nitrogen and oxygen atoms in total. The van der Waals surface area contributed by atoms with Crippen LogP contribution >= 0.6 is 0 Å². The van der Waals surface area contributed by atoms with E-state index < -0.39 is 0 Å². The molecule has 5 heteroatoms. The van der Waals surface area contributed by atoms with Crippen LogP contribution in [0.1, 0.15) is 54.8 Å². The van der Waals surface area contributed by atoms with E-state index in [2.05, 4.69) is 60.0 Å². The van der Waals surface area contributed by atoms with Gasteiger partial charge in [0.15, 0.2) is 0 Å². The first-order valence-corrected chi connectivity index (χ1v) is 11.1. The normalized spacial score (nSPS) is 29.9. The molecule has 1 saturated carbocycles. The summed E-state index contributed by atoms with van der Waals surface area (Å²) in [5.41, 5.74) is 4.74. The molecule has 0 aromatic heterocycles. The number of amides is 1. The van der Waals surface area contributed by atoms with E-state index >= 15 is 0 Å². The van der Waals surface area contributed by atoms with Gasteiger partial charge in [-0.3, -0.25) is 4.79 Å². The number of piperidine rings is 1. The molecule has 2 aromatic carbocycles. The number of methoxy groups -OCH3 is 1. The number of benzene rings is 2. The third-order valence-electron chi connectivity index (χ3n) is 7.12. The first-order chi connectivity index (χ1) is 14.6. The molecule has 0 bridgehead atoms. The zero-order chi connectivity index (χ0) is 20.8. The number of rotatable bonds is 5. The second kappa shape index (κ2) is 7.71. The molecular weight excluding hydrogens is 374 g/mol. The second-order valence-corrected chi connectivity index (χ2v) is 9.09. The van der Waals surface area contributed by atoms with Crippen LogP contribution in [0.25, 0.3) is 0 Å². The summed E-state index contributed by atoms with van der Waals surface area (Å²) in [7, 11) is 3.64. The van der Waals surface area contributed by atoms with Crippen LogP contribution in [-0.2, 0) is 11.3 Å². The zero-order valence-corrected chi connectivity index (χ0v) is 18.0. The van der Waals surface area contributed by atoms with E-state index in [0.29, 0.717) is 18.0 Å². The molecule has 5 rings (SSSR count). The number of hydrogen-bond acceptors (Lipinski definition) is 4. The smallest absolute Gasteiger partial charge is 0.230 e. The van der Waals surface area contributed by atoms with Gasteiger partial charge in [0.25, 0.3) is 0 Å². The standard InChI is InChI=1S/C25H31N3O2/c1-15-9-10-21(24(27-15)16-7-5-4-6-8-16)26-14-17-11-22-19(13-23(17)30-3)18-12-20(18)25(29)28(22)2/h4-8,11,13,15,18,20-21,24,26-27H,9-10,12,14H2,1-3H3/t15?,18?,20-,21?,24?/m1/s1. The van der Waals surface area contributed by atoms with Crippen LogP contribution in [0.3, 0.4) is 0 Å². The number of fused-ring (bicyclic) bond motifs is 3. The topological polar surface area (TPSA) is 53.6 Å². The van der Waals surface area contributed by atoms with Gasteiger partial charge in [0.05, 0.1) is 7.11 Å². The average molecular weight is 406 g/mol. The minimum absolute atomic E-state index is 0.179. The minimum Gasteiger partial charge on any atom is -0.496 e. The van der Waals surface area contributed by atoms with Gasteiger partial charge in [-0.25, -0.2) is 0 Å². The molecule has 1 aliphatic carbocycles. The molecule has 2 aliphatic heterocycles. The Hall–Kier alpha value is -2.37. The number of nitrogens with zero attached hydrogens (tertiary/aromatic N) is 1. The lowest BCUT2D eigenvalue weighted by Gasteiger charge is -2.37. The van der Waals surface area contributed by atoms with Crippen molar-refractivity contribution in [1.82, 2.24) is 10.6 Å². The van der Waals surface area contributed by atoms with Crippen molar-refractivity contribution in [1.29, 1.82) is 0 Å². The lowest BCUT2D eigenvalue weighted by molar-refractivity contribution is -0.119. The Morgan fingerprint density at radius 3 is 2.73 bits per heavy atom. The number of ether oxygens (including phenoxy) is 1. The zero-order valence-electron chi connectivity index (χ0n) is 18.0. The first kappa shape index (κ1) is 19.6. The van der Waals surface area contributed by atoms with E-state index in [9.17, 15) is 4.79 Å². The summed E-state index contributed by atoms with van der Waals surface area (Å²) >= 11 is 0. The van der Waals surface area contributed by atoms with Crippen molar-refractivity contribution in [3.05, 3.63) is 59.2 Å². The number of anilines is 1. The highest BCUT2D eigenvalue weighted by Gasteiger charge is 2.50. The van der Waals surface area contributed by atoms with E-state index in [1.807, 2.05) is 11.9 Å². The van der Waals surface area contributed by atoms with Crippen molar-refractivity contribution in [3.63, 3.8) is 0 Å². The molecule has 1 saturated heterocycles. The summed E-state index contributed by atoms with van der Waals surface area (Å²) in [5.74, 6) is 1.73. The Morgan fingerprint density at radius 2 is 1.97 bits per heavy atom. The van der Waals surface area contributed by atoms with Crippen LogP contribution in [0.5, 0.6) is 5.75 Å². The Labute approximate surface area is 178 Å². The van der Waals surface area contributed by atoms with Gasteiger partial charge in [0, 0.05) is 48.9 Å².